The topological polar surface area (TPSA) is 95.2 Å². The van der Waals surface area contributed by atoms with Crippen molar-refractivity contribution in [2.45, 2.75) is 41.6 Å². The van der Waals surface area contributed by atoms with Crippen molar-refractivity contribution in [1.82, 2.24) is 14.2 Å². The number of piperidine rings is 1. The predicted octanol–water partition coefficient (Wildman–Crippen LogP) is 3.14. The molecule has 1 fully saturated rings. The molecule has 2 aromatic rings. The van der Waals surface area contributed by atoms with E-state index >= 15 is 0 Å². The molecule has 0 saturated carbocycles. The first-order chi connectivity index (χ1) is 14.7. The van der Waals surface area contributed by atoms with Crippen LogP contribution >= 0.6 is 23.2 Å². The van der Waals surface area contributed by atoms with E-state index in [0.29, 0.717) is 24.7 Å². The normalized spacial score (nSPS) is 18.2. The van der Waals surface area contributed by atoms with Crippen LogP contribution in [0.2, 0.25) is 0 Å². The summed E-state index contributed by atoms with van der Waals surface area (Å²) in [5.74, 6) is -0.120. The number of likely N-dealkylation sites (tertiary alicyclic amines) is 1. The maximum absolute atomic E-state index is 13.5. The molecule has 1 aliphatic heterocycles. The molecule has 3 rings (SSSR count). The number of nitrogens with zero attached hydrogens (tertiary/aromatic N) is 3. The zero-order valence-electron chi connectivity index (χ0n) is 17.0. The fraction of sp³-hybridized carbons (Fsp3) is 0.429. The van der Waals surface area contributed by atoms with Crippen molar-refractivity contribution in [3.8, 4) is 6.07 Å². The second kappa shape index (κ2) is 9.61. The average molecular weight is 483 g/mol. The van der Waals surface area contributed by atoms with Crippen LogP contribution in [0.1, 0.15) is 25.5 Å². The monoisotopic (exact) mass is 482 g/mol. The molecule has 0 spiro atoms. The minimum Gasteiger partial charge on any atom is -0.340 e. The molecule has 1 aromatic carbocycles. The van der Waals surface area contributed by atoms with Crippen LogP contribution in [-0.4, -0.2) is 47.3 Å². The Labute approximate surface area is 192 Å². The highest BCUT2D eigenvalue weighted by molar-refractivity contribution is 7.89. The van der Waals surface area contributed by atoms with Crippen molar-refractivity contribution >= 4 is 39.1 Å². The SMILES string of the molecule is CC1CCN(C(=O)C(Cl)(NS(=O)(=O)c2ccccc2)C(Cl)Cn2cccc2C#N)CC1. The fourth-order valence-corrected chi connectivity index (χ4v) is 5.62. The fourth-order valence-electron chi connectivity index (χ4n) is 3.51. The summed E-state index contributed by atoms with van der Waals surface area (Å²) in [5, 5.41) is 8.09. The Kier molecular flexibility index (Phi) is 7.32. The molecule has 7 nitrogen and oxygen atoms in total. The van der Waals surface area contributed by atoms with Gasteiger partial charge in [0.1, 0.15) is 11.8 Å². The van der Waals surface area contributed by atoms with E-state index in [-0.39, 0.29) is 11.4 Å². The molecule has 166 valence electrons. The maximum Gasteiger partial charge on any atom is 0.260 e. The molecular weight excluding hydrogens is 459 g/mol. The van der Waals surface area contributed by atoms with Crippen LogP contribution < -0.4 is 4.72 Å². The molecule has 31 heavy (non-hydrogen) atoms. The highest BCUT2D eigenvalue weighted by Gasteiger charge is 2.49. The smallest absolute Gasteiger partial charge is 0.260 e. The van der Waals surface area contributed by atoms with Gasteiger partial charge in [0.2, 0.25) is 15.0 Å². The molecule has 0 bridgehead atoms. The highest BCUT2D eigenvalue weighted by atomic mass is 35.5. The van der Waals surface area contributed by atoms with Gasteiger partial charge in [0, 0.05) is 25.8 Å². The number of halogens is 2. The van der Waals surface area contributed by atoms with Crippen LogP contribution in [0.5, 0.6) is 0 Å². The van der Waals surface area contributed by atoms with Gasteiger partial charge in [0.15, 0.2) is 0 Å². The molecular formula is C21H24Cl2N4O3S. The largest absolute Gasteiger partial charge is 0.340 e. The second-order valence-corrected chi connectivity index (χ2v) is 10.5. The first-order valence-corrected chi connectivity index (χ1v) is 12.2. The number of hydrogen-bond acceptors (Lipinski definition) is 4. The summed E-state index contributed by atoms with van der Waals surface area (Å²) in [6.07, 6.45) is 3.23. The highest BCUT2D eigenvalue weighted by Crippen LogP contribution is 2.31. The maximum atomic E-state index is 13.5. The lowest BCUT2D eigenvalue weighted by molar-refractivity contribution is -0.136. The molecule has 1 aromatic heterocycles. The molecule has 2 heterocycles. The van der Waals surface area contributed by atoms with Crippen LogP contribution in [-0.2, 0) is 21.4 Å². The molecule has 2 unspecified atom stereocenters. The number of nitrogens with one attached hydrogen (secondary N) is 1. The van der Waals surface area contributed by atoms with E-state index in [1.54, 1.807) is 41.4 Å². The molecule has 0 aliphatic carbocycles. The van der Waals surface area contributed by atoms with Gasteiger partial charge in [-0.15, -0.1) is 11.6 Å². The number of carbonyl (C=O) groups is 1. The van der Waals surface area contributed by atoms with Gasteiger partial charge in [0.05, 0.1) is 10.3 Å². The first-order valence-electron chi connectivity index (χ1n) is 9.94. The van der Waals surface area contributed by atoms with E-state index in [2.05, 4.69) is 11.6 Å². The predicted molar refractivity (Wildman–Crippen MR) is 119 cm³/mol. The molecule has 2 atom stereocenters. The van der Waals surface area contributed by atoms with Crippen LogP contribution in [0.15, 0.2) is 53.6 Å². The molecule has 1 aliphatic rings. The van der Waals surface area contributed by atoms with E-state index in [0.717, 1.165) is 12.8 Å². The number of aromatic nitrogens is 1. The minimum atomic E-state index is -4.14. The van der Waals surface area contributed by atoms with Gasteiger partial charge in [0.25, 0.3) is 5.91 Å². The number of carbonyl (C=O) groups excluding carboxylic acids is 1. The van der Waals surface area contributed by atoms with Gasteiger partial charge in [-0.25, -0.2) is 8.42 Å². The van der Waals surface area contributed by atoms with Crippen molar-refractivity contribution in [3.05, 3.63) is 54.4 Å². The number of alkyl halides is 2. The van der Waals surface area contributed by atoms with Crippen LogP contribution in [0, 0.1) is 17.2 Å². The Morgan fingerprint density at radius 2 is 1.90 bits per heavy atom. The van der Waals surface area contributed by atoms with Crippen LogP contribution in [0.3, 0.4) is 0 Å². The van der Waals surface area contributed by atoms with E-state index < -0.39 is 26.3 Å². The Bertz CT molecular complexity index is 1060. The van der Waals surface area contributed by atoms with Crippen molar-refractivity contribution in [2.24, 2.45) is 5.92 Å². The Hall–Kier alpha value is -2.05. The summed E-state index contributed by atoms with van der Waals surface area (Å²) < 4.78 is 30.0. The molecule has 1 N–H and O–H groups in total. The number of benzene rings is 1. The van der Waals surface area contributed by atoms with Gasteiger partial charge < -0.3 is 9.47 Å². The third-order valence-electron chi connectivity index (χ3n) is 5.45. The van der Waals surface area contributed by atoms with Crippen LogP contribution in [0.4, 0.5) is 0 Å². The third kappa shape index (κ3) is 5.24. The molecule has 1 amide bonds. The van der Waals surface area contributed by atoms with Crippen molar-refractivity contribution in [1.29, 1.82) is 5.26 Å². The second-order valence-electron chi connectivity index (χ2n) is 7.73. The van der Waals surface area contributed by atoms with Crippen molar-refractivity contribution in [2.75, 3.05) is 13.1 Å². The Morgan fingerprint density at radius 1 is 1.26 bits per heavy atom. The average Bonchev–Trinajstić information content (AvgIpc) is 3.21. The van der Waals surface area contributed by atoms with Gasteiger partial charge >= 0.3 is 0 Å². The van der Waals surface area contributed by atoms with Crippen molar-refractivity contribution < 1.29 is 13.2 Å². The van der Waals surface area contributed by atoms with E-state index in [1.807, 2.05) is 6.07 Å². The van der Waals surface area contributed by atoms with E-state index in [9.17, 15) is 18.5 Å². The van der Waals surface area contributed by atoms with E-state index in [4.69, 9.17) is 23.2 Å². The summed E-state index contributed by atoms with van der Waals surface area (Å²) in [4.78, 5) is 12.9. The number of amides is 1. The molecule has 10 heteroatoms. The Morgan fingerprint density at radius 3 is 2.52 bits per heavy atom. The summed E-state index contributed by atoms with van der Waals surface area (Å²) in [6, 6.07) is 13.0. The first kappa shape index (κ1) is 23.6. The zero-order valence-corrected chi connectivity index (χ0v) is 19.4. The zero-order chi connectivity index (χ0) is 22.6. The Balaban J connectivity index is 1.94. The summed E-state index contributed by atoms with van der Waals surface area (Å²) in [7, 11) is -4.14. The molecule has 1 saturated heterocycles. The third-order valence-corrected chi connectivity index (χ3v) is 8.14. The summed E-state index contributed by atoms with van der Waals surface area (Å²) in [5.41, 5.74) is 0.329. The molecule has 0 radical (unpaired) electrons. The standard InChI is InChI=1S/C21H24Cl2N4O3S/c1-16-9-12-26(13-10-16)20(28)21(23,19(22)15-27-11-5-6-17(27)14-24)25-31(29,30)18-7-3-2-4-8-18/h2-8,11,16,19,25H,9-10,12-13,15H2,1H3. The summed E-state index contributed by atoms with van der Waals surface area (Å²) in [6.45, 7) is 3.01. The van der Waals surface area contributed by atoms with Gasteiger partial charge in [-0.3, -0.25) is 4.79 Å². The van der Waals surface area contributed by atoms with Crippen LogP contribution in [0.25, 0.3) is 0 Å². The van der Waals surface area contributed by atoms with Crippen molar-refractivity contribution in [3.63, 3.8) is 0 Å². The lowest BCUT2D eigenvalue weighted by atomic mass is 9.98. The summed E-state index contributed by atoms with van der Waals surface area (Å²) >= 11 is 13.4. The number of hydrogen-bond donors (Lipinski definition) is 1. The quantitative estimate of drug-likeness (QED) is 0.484. The lowest BCUT2D eigenvalue weighted by Crippen LogP contribution is -2.62. The van der Waals surface area contributed by atoms with E-state index in [1.165, 1.54) is 16.7 Å². The number of sulfonamides is 1. The number of rotatable bonds is 7. The minimum absolute atomic E-state index is 0.0253. The van der Waals surface area contributed by atoms with Gasteiger partial charge in [-0.1, -0.05) is 36.7 Å². The van der Waals surface area contributed by atoms with Gasteiger partial charge in [-0.05, 0) is 43.0 Å². The van der Waals surface area contributed by atoms with Gasteiger partial charge in [-0.2, -0.15) is 9.98 Å². The lowest BCUT2D eigenvalue weighted by Gasteiger charge is -2.38. The number of nitriles is 1.